The predicted molar refractivity (Wildman–Crippen MR) is 155 cm³/mol. The molecule has 3 nitrogen and oxygen atoms in total. The van der Waals surface area contributed by atoms with E-state index in [2.05, 4.69) is 26.0 Å². The summed E-state index contributed by atoms with van der Waals surface area (Å²) in [6, 6.07) is 0. The molecule has 0 saturated heterocycles. The van der Waals surface area contributed by atoms with E-state index in [0.29, 0.717) is 4.48 Å². The lowest BCUT2D eigenvalue weighted by molar-refractivity contribution is -0.910. The Bertz CT molecular complexity index is 515. The summed E-state index contributed by atoms with van der Waals surface area (Å²) >= 11 is 0. The van der Waals surface area contributed by atoms with Crippen molar-refractivity contribution in [2.24, 2.45) is 0 Å². The molecule has 4 heteroatoms. The monoisotopic (exact) mass is 512 g/mol. The first-order chi connectivity index (χ1) is 16.8. The highest BCUT2D eigenvalue weighted by Gasteiger charge is 2.53. The van der Waals surface area contributed by atoms with E-state index in [4.69, 9.17) is 0 Å². The lowest BCUT2D eigenvalue weighted by atomic mass is 9.99. The van der Waals surface area contributed by atoms with E-state index >= 15 is 0 Å². The first kappa shape index (κ1) is 34.8. The molecule has 0 aromatic carbocycles. The van der Waals surface area contributed by atoms with Crippen LogP contribution in [0.3, 0.4) is 0 Å². The molecule has 208 valence electrons. The molecule has 0 aromatic heterocycles. The summed E-state index contributed by atoms with van der Waals surface area (Å²) in [5.41, 5.74) is 0. The van der Waals surface area contributed by atoms with Crippen LogP contribution in [0.5, 0.6) is 0 Å². The molecule has 0 spiro atoms. The molecule has 2 atom stereocenters. The number of rotatable bonds is 26. The average molecular weight is 513 g/mol. The highest BCUT2D eigenvalue weighted by molar-refractivity contribution is 7.38. The molecule has 0 rings (SSSR count). The Hall–Kier alpha value is -0.240. The number of nitrogens with zero attached hydrogens (tertiary/aromatic N) is 1. The fourth-order valence-electron chi connectivity index (χ4n) is 5.34. The zero-order chi connectivity index (χ0) is 26.3. The summed E-state index contributed by atoms with van der Waals surface area (Å²) < 4.78 is 12.6. The summed E-state index contributed by atoms with van der Waals surface area (Å²) in [4.78, 5) is 12.1. The van der Waals surface area contributed by atoms with Crippen molar-refractivity contribution in [3.63, 3.8) is 0 Å². The zero-order valence-electron chi connectivity index (χ0n) is 24.6. The minimum atomic E-state index is -2.42. The van der Waals surface area contributed by atoms with Gasteiger partial charge in [-0.15, -0.1) is 0 Å². The lowest BCUT2D eigenvalue weighted by Gasteiger charge is -2.39. The second kappa shape index (κ2) is 22.9. The summed E-state index contributed by atoms with van der Waals surface area (Å²) in [6.07, 6.45) is 34.1. The van der Waals surface area contributed by atoms with E-state index in [9.17, 15) is 9.46 Å². The van der Waals surface area contributed by atoms with E-state index < -0.39 is 13.3 Å². The van der Waals surface area contributed by atoms with E-state index in [1.807, 2.05) is 21.1 Å². The molecule has 0 saturated carbocycles. The normalized spacial score (nSPS) is 14.5. The number of allylic oxidation sites excluding steroid dienone is 2. The maximum Gasteiger partial charge on any atom is 0.376 e. The van der Waals surface area contributed by atoms with Crippen molar-refractivity contribution in [2.75, 3.05) is 21.1 Å². The van der Waals surface area contributed by atoms with Crippen LogP contribution in [0.1, 0.15) is 162 Å². The Morgan fingerprint density at radius 1 is 0.571 bits per heavy atom. The third-order valence-corrected chi connectivity index (χ3v) is 9.55. The van der Waals surface area contributed by atoms with Crippen molar-refractivity contribution in [1.29, 1.82) is 0 Å². The van der Waals surface area contributed by atoms with Gasteiger partial charge in [0.1, 0.15) is 0 Å². The fourth-order valence-corrected chi connectivity index (χ4v) is 6.58. The minimum absolute atomic E-state index is 0.523. The van der Waals surface area contributed by atoms with E-state index in [0.717, 1.165) is 25.7 Å². The Balaban J connectivity index is 3.53. The van der Waals surface area contributed by atoms with Gasteiger partial charge in [0, 0.05) is 12.8 Å². The van der Waals surface area contributed by atoms with Gasteiger partial charge in [-0.05, 0) is 38.5 Å². The summed E-state index contributed by atoms with van der Waals surface area (Å²) in [5, 5.41) is -0.589. The van der Waals surface area contributed by atoms with Gasteiger partial charge in [0.25, 0.3) is 5.28 Å². The van der Waals surface area contributed by atoms with Gasteiger partial charge in [0.15, 0.2) is 0 Å². The SMILES string of the molecule is CCCCCCCC/C=C\CCCCCCCCCCCCCCC(CCC)([P+](=O)[O-])[N+](C)(C)C. The molecule has 0 aliphatic heterocycles. The Morgan fingerprint density at radius 2 is 0.943 bits per heavy atom. The van der Waals surface area contributed by atoms with Gasteiger partial charge in [-0.3, -0.25) is 4.48 Å². The third kappa shape index (κ3) is 17.8. The molecule has 0 N–H and O–H groups in total. The molecule has 35 heavy (non-hydrogen) atoms. The molecule has 0 aliphatic rings. The molecule has 2 unspecified atom stereocenters. The minimum Gasteiger partial charge on any atom is -0.590 e. The quantitative estimate of drug-likeness (QED) is 0.0500. The first-order valence-corrected chi connectivity index (χ1v) is 16.6. The maximum atomic E-state index is 12.1. The van der Waals surface area contributed by atoms with Crippen molar-refractivity contribution < 1.29 is 13.9 Å². The first-order valence-electron chi connectivity index (χ1n) is 15.4. The average Bonchev–Trinajstić information content (AvgIpc) is 2.80. The van der Waals surface area contributed by atoms with E-state index in [1.54, 1.807) is 0 Å². The van der Waals surface area contributed by atoms with Crippen LogP contribution in [0.4, 0.5) is 0 Å². The lowest BCUT2D eigenvalue weighted by Crippen LogP contribution is -2.55. The topological polar surface area (TPSA) is 40.1 Å². The van der Waals surface area contributed by atoms with Gasteiger partial charge in [0.2, 0.25) is 0 Å². The molecule has 0 heterocycles. The highest BCUT2D eigenvalue weighted by atomic mass is 31.1. The predicted octanol–water partition coefficient (Wildman–Crippen LogP) is 10.1. The smallest absolute Gasteiger partial charge is 0.376 e. The molecule has 0 fully saturated rings. The summed E-state index contributed by atoms with van der Waals surface area (Å²) in [5.74, 6) is 0. The molecule has 0 radical (unpaired) electrons. The Labute approximate surface area is 222 Å². The van der Waals surface area contributed by atoms with Crippen LogP contribution < -0.4 is 4.89 Å². The molecular weight excluding hydrogens is 449 g/mol. The van der Waals surface area contributed by atoms with Gasteiger partial charge in [-0.2, -0.15) is 0 Å². The van der Waals surface area contributed by atoms with Gasteiger partial charge < -0.3 is 4.89 Å². The number of unbranched alkanes of at least 4 members (excludes halogenated alkanes) is 18. The van der Waals surface area contributed by atoms with Crippen LogP contribution in [0.25, 0.3) is 0 Å². The molecule has 0 bridgehead atoms. The Morgan fingerprint density at radius 3 is 1.29 bits per heavy atom. The van der Waals surface area contributed by atoms with Crippen LogP contribution in [0.2, 0.25) is 0 Å². The number of hydrogen-bond donors (Lipinski definition) is 0. The Kier molecular flexibility index (Phi) is 22.8. The van der Waals surface area contributed by atoms with Gasteiger partial charge in [-0.1, -0.05) is 127 Å². The highest BCUT2D eigenvalue weighted by Crippen LogP contribution is 2.45. The van der Waals surface area contributed by atoms with Crippen LogP contribution in [-0.2, 0) is 4.57 Å². The van der Waals surface area contributed by atoms with Crippen molar-refractivity contribution in [2.45, 2.75) is 167 Å². The van der Waals surface area contributed by atoms with E-state index in [1.165, 1.54) is 122 Å². The molecule has 0 aromatic rings. The largest absolute Gasteiger partial charge is 0.590 e. The van der Waals surface area contributed by atoms with Gasteiger partial charge in [-0.25, -0.2) is 0 Å². The second-order valence-electron chi connectivity index (χ2n) is 11.8. The van der Waals surface area contributed by atoms with Crippen LogP contribution in [0, 0.1) is 0 Å². The molecule has 0 aliphatic carbocycles. The van der Waals surface area contributed by atoms with Gasteiger partial charge in [0.05, 0.1) is 21.1 Å². The van der Waals surface area contributed by atoms with Crippen LogP contribution in [0.15, 0.2) is 12.2 Å². The maximum absolute atomic E-state index is 12.1. The third-order valence-electron chi connectivity index (χ3n) is 7.83. The van der Waals surface area contributed by atoms with Crippen molar-refractivity contribution in [3.05, 3.63) is 12.2 Å². The standard InChI is InChI=1S/C31H63NO2P/c1-6-8-9-10-11-12-13-14-15-16-17-18-19-20-21-22-23-24-25-26-27-28-30-31(29-7-2,35(33)34)32(3,4)5/h14-15H,6-13,16-30H2,1-5H3/q+1/b15-14-. The van der Waals surface area contributed by atoms with Crippen molar-refractivity contribution in [1.82, 2.24) is 0 Å². The fraction of sp³-hybridized carbons (Fsp3) is 0.935. The number of hydrogen-bond acceptors (Lipinski definition) is 2. The number of quaternary nitrogens is 1. The van der Waals surface area contributed by atoms with E-state index in [-0.39, 0.29) is 0 Å². The van der Waals surface area contributed by atoms with Crippen molar-refractivity contribution in [3.8, 4) is 0 Å². The molecule has 0 amide bonds. The summed E-state index contributed by atoms with van der Waals surface area (Å²) in [6.45, 7) is 4.38. The zero-order valence-corrected chi connectivity index (χ0v) is 25.5. The second-order valence-corrected chi connectivity index (χ2v) is 13.2. The molecular formula is C31H63NO2P+. The van der Waals surface area contributed by atoms with Gasteiger partial charge >= 0.3 is 8.03 Å². The van der Waals surface area contributed by atoms with Crippen molar-refractivity contribution >= 4 is 8.03 Å². The summed E-state index contributed by atoms with van der Waals surface area (Å²) in [7, 11) is 3.69. The van der Waals surface area contributed by atoms with Crippen LogP contribution in [-0.4, -0.2) is 30.9 Å². The van der Waals surface area contributed by atoms with Crippen LogP contribution >= 0.6 is 8.03 Å².